The zero-order chi connectivity index (χ0) is 35.9. The van der Waals surface area contributed by atoms with Crippen LogP contribution in [0.15, 0.2) is 48.5 Å². The summed E-state index contributed by atoms with van der Waals surface area (Å²) >= 11 is 0. The first-order valence-corrected chi connectivity index (χ1v) is 15.2. The number of halogens is 5. The van der Waals surface area contributed by atoms with Gasteiger partial charge in [-0.1, -0.05) is 0 Å². The smallest absolute Gasteiger partial charge is 0.424 e. The molecular formula is C34H32F5N5O5. The molecule has 2 aromatic heterocycles. The number of aromatic nitrogens is 2. The van der Waals surface area contributed by atoms with E-state index in [2.05, 4.69) is 20.6 Å². The van der Waals surface area contributed by atoms with Crippen LogP contribution in [0.2, 0.25) is 0 Å². The number of carbonyl (C=O) groups is 3. The number of fused-ring (bicyclic) bond motifs is 1. The first-order chi connectivity index (χ1) is 23.0. The zero-order valence-electron chi connectivity index (χ0n) is 26.6. The molecule has 0 saturated heterocycles. The summed E-state index contributed by atoms with van der Waals surface area (Å²) in [5.41, 5.74) is -0.503. The van der Waals surface area contributed by atoms with E-state index in [1.807, 2.05) is 0 Å². The highest BCUT2D eigenvalue weighted by Crippen LogP contribution is 2.43. The lowest BCUT2D eigenvalue weighted by Crippen LogP contribution is -2.51. The van der Waals surface area contributed by atoms with Crippen molar-refractivity contribution in [3.8, 4) is 17.0 Å². The first kappa shape index (κ1) is 35.1. The normalized spacial score (nSPS) is 15.0. The number of nitrogens with two attached hydrogens (primary N) is 1. The number of aryl methyl sites for hydroxylation is 2. The number of alkyl halides is 4. The number of pyridine rings is 2. The Hall–Kier alpha value is -5.18. The lowest BCUT2D eigenvalue weighted by atomic mass is 9.93. The minimum atomic E-state index is -5.44. The molecule has 4 aromatic rings. The second kappa shape index (κ2) is 13.0. The molecule has 0 radical (unpaired) electrons. The number of ether oxygens (including phenoxy) is 1. The summed E-state index contributed by atoms with van der Waals surface area (Å²) in [6.45, 7) is 3.60. The molecule has 5 rings (SSSR count). The highest BCUT2D eigenvalue weighted by Gasteiger charge is 2.57. The highest BCUT2D eigenvalue weighted by atomic mass is 19.4. The fraction of sp³-hybridized carbons (Fsp3) is 0.324. The van der Waals surface area contributed by atoms with E-state index in [1.165, 1.54) is 18.2 Å². The van der Waals surface area contributed by atoms with Gasteiger partial charge in [-0.15, -0.1) is 0 Å². The average molecular weight is 686 g/mol. The summed E-state index contributed by atoms with van der Waals surface area (Å²) < 4.78 is 78.2. The molecule has 1 fully saturated rings. The van der Waals surface area contributed by atoms with E-state index < -0.39 is 59.6 Å². The largest absolute Gasteiger partial charge is 0.491 e. The lowest BCUT2D eigenvalue weighted by Gasteiger charge is -2.31. The Labute approximate surface area is 276 Å². The van der Waals surface area contributed by atoms with Crippen LogP contribution < -0.4 is 21.1 Å². The van der Waals surface area contributed by atoms with Gasteiger partial charge in [-0.05, 0) is 87.7 Å². The molecule has 15 heteroatoms. The third-order valence-electron chi connectivity index (χ3n) is 8.19. The Balaban J connectivity index is 1.56. The average Bonchev–Trinajstić information content (AvgIpc) is 3.79. The molecule has 258 valence electrons. The van der Waals surface area contributed by atoms with Gasteiger partial charge < -0.3 is 26.2 Å². The molecule has 1 aliphatic carbocycles. The summed E-state index contributed by atoms with van der Waals surface area (Å²) in [7, 11) is 0. The summed E-state index contributed by atoms with van der Waals surface area (Å²) in [6, 6.07) is 9.50. The number of aliphatic hydroxyl groups is 1. The van der Waals surface area contributed by atoms with Crippen molar-refractivity contribution in [3.05, 3.63) is 82.4 Å². The van der Waals surface area contributed by atoms with E-state index >= 15 is 0 Å². The first-order valence-electron chi connectivity index (χ1n) is 15.2. The topological polar surface area (TPSA) is 157 Å². The number of carbonyl (C=O) groups excluding carboxylic acids is 3. The Kier molecular flexibility index (Phi) is 9.34. The number of amides is 3. The molecule has 49 heavy (non-hydrogen) atoms. The van der Waals surface area contributed by atoms with Gasteiger partial charge in [-0.25, -0.2) is 13.8 Å². The SMILES string of the molecule is CCOc1c(CC(N)=O)cc([C@@](O)(CNC(=O)c2cc(NC(=O)C3(F)CC3)c3nc(C)c(C)cc3c2)C(F)(F)F)nc1-c1ccc(F)cc1. The van der Waals surface area contributed by atoms with Crippen LogP contribution in [0.1, 0.15) is 52.6 Å². The van der Waals surface area contributed by atoms with E-state index in [1.54, 1.807) is 26.8 Å². The fourth-order valence-electron chi connectivity index (χ4n) is 5.15. The predicted molar refractivity (Wildman–Crippen MR) is 169 cm³/mol. The minimum absolute atomic E-state index is 0.00963. The molecular weight excluding hydrogens is 653 g/mol. The Morgan fingerprint density at radius 2 is 1.71 bits per heavy atom. The standard InChI is InChI=1S/C34H32F5N5O5/c1-4-49-29-21(15-26(40)45)14-25(44-28(29)19-5-7-23(35)8-6-19)33(48,34(37,38)39)16-41-30(46)22-12-20-11-17(2)18(3)42-27(20)24(13-22)43-31(47)32(36)9-10-32/h5-8,11-14,48H,4,9-10,15-16H2,1-3H3,(H2,40,45)(H,41,46)(H,43,47)/t33-/m0/s1. The Bertz CT molecular complexity index is 1960. The van der Waals surface area contributed by atoms with Crippen LogP contribution >= 0.6 is 0 Å². The fourth-order valence-corrected chi connectivity index (χ4v) is 5.15. The van der Waals surface area contributed by atoms with Gasteiger partial charge in [-0.2, -0.15) is 13.2 Å². The molecule has 1 atom stereocenters. The van der Waals surface area contributed by atoms with Crippen molar-refractivity contribution in [2.24, 2.45) is 5.73 Å². The lowest BCUT2D eigenvalue weighted by molar-refractivity contribution is -0.265. The molecule has 2 heterocycles. The van der Waals surface area contributed by atoms with Crippen molar-refractivity contribution in [1.29, 1.82) is 0 Å². The van der Waals surface area contributed by atoms with Crippen LogP contribution in [0.25, 0.3) is 22.2 Å². The van der Waals surface area contributed by atoms with Gasteiger partial charge in [0.2, 0.25) is 11.5 Å². The third-order valence-corrected chi connectivity index (χ3v) is 8.19. The number of anilines is 1. The molecule has 0 unspecified atom stereocenters. The number of rotatable bonds is 11. The second-order valence-corrected chi connectivity index (χ2v) is 11.9. The van der Waals surface area contributed by atoms with Crippen LogP contribution in [0.3, 0.4) is 0 Å². The van der Waals surface area contributed by atoms with Crippen LogP contribution in [-0.4, -0.2) is 57.8 Å². The molecule has 0 aliphatic heterocycles. The maximum Gasteiger partial charge on any atom is 0.424 e. The third kappa shape index (κ3) is 7.16. The molecule has 2 aromatic carbocycles. The van der Waals surface area contributed by atoms with E-state index in [4.69, 9.17) is 10.5 Å². The van der Waals surface area contributed by atoms with Crippen molar-refractivity contribution >= 4 is 34.3 Å². The van der Waals surface area contributed by atoms with E-state index in [9.17, 15) is 41.4 Å². The van der Waals surface area contributed by atoms with Crippen molar-refractivity contribution in [3.63, 3.8) is 0 Å². The van der Waals surface area contributed by atoms with Crippen molar-refractivity contribution < 1.29 is 46.2 Å². The van der Waals surface area contributed by atoms with Gasteiger partial charge in [0.1, 0.15) is 17.3 Å². The monoisotopic (exact) mass is 685 g/mol. The van der Waals surface area contributed by atoms with Crippen molar-refractivity contribution in [2.75, 3.05) is 18.5 Å². The molecule has 0 bridgehead atoms. The van der Waals surface area contributed by atoms with Crippen molar-refractivity contribution in [1.82, 2.24) is 15.3 Å². The zero-order valence-corrected chi connectivity index (χ0v) is 26.6. The number of nitrogens with zero attached hydrogens (tertiary/aromatic N) is 2. The van der Waals surface area contributed by atoms with Gasteiger partial charge in [0, 0.05) is 27.8 Å². The number of benzene rings is 2. The summed E-state index contributed by atoms with van der Waals surface area (Å²) in [4.78, 5) is 46.5. The van der Waals surface area contributed by atoms with Crippen LogP contribution in [0.5, 0.6) is 5.75 Å². The van der Waals surface area contributed by atoms with Crippen LogP contribution in [0, 0.1) is 19.7 Å². The molecule has 1 aliphatic rings. The van der Waals surface area contributed by atoms with Gasteiger partial charge in [0.05, 0.1) is 36.5 Å². The summed E-state index contributed by atoms with van der Waals surface area (Å²) in [5.74, 6) is -3.69. The quantitative estimate of drug-likeness (QED) is 0.160. The maximum absolute atomic E-state index is 14.8. The van der Waals surface area contributed by atoms with Crippen LogP contribution in [-0.2, 0) is 21.6 Å². The summed E-state index contributed by atoms with van der Waals surface area (Å²) in [6.07, 6.45) is -6.01. The van der Waals surface area contributed by atoms with Crippen LogP contribution in [0.4, 0.5) is 27.6 Å². The minimum Gasteiger partial charge on any atom is -0.491 e. The molecule has 1 saturated carbocycles. The molecule has 5 N–H and O–H groups in total. The molecule has 3 amide bonds. The van der Waals surface area contributed by atoms with Gasteiger partial charge in [-0.3, -0.25) is 19.4 Å². The Morgan fingerprint density at radius 3 is 2.31 bits per heavy atom. The van der Waals surface area contributed by atoms with E-state index in [0.29, 0.717) is 16.6 Å². The number of hydrogen-bond acceptors (Lipinski definition) is 7. The van der Waals surface area contributed by atoms with E-state index in [-0.39, 0.29) is 58.8 Å². The predicted octanol–water partition coefficient (Wildman–Crippen LogP) is 5.10. The molecule has 10 nitrogen and oxygen atoms in total. The number of primary amides is 1. The van der Waals surface area contributed by atoms with E-state index in [0.717, 1.165) is 24.3 Å². The molecule has 0 spiro atoms. The van der Waals surface area contributed by atoms with Gasteiger partial charge in [0.15, 0.2) is 5.67 Å². The van der Waals surface area contributed by atoms with Gasteiger partial charge in [0.25, 0.3) is 11.8 Å². The maximum atomic E-state index is 14.8. The van der Waals surface area contributed by atoms with Crippen molar-refractivity contribution in [2.45, 2.75) is 57.5 Å². The summed E-state index contributed by atoms with van der Waals surface area (Å²) in [5, 5.41) is 16.2. The highest BCUT2D eigenvalue weighted by molar-refractivity contribution is 6.08. The number of nitrogens with one attached hydrogen (secondary N) is 2. The Morgan fingerprint density at radius 1 is 1.04 bits per heavy atom. The van der Waals surface area contributed by atoms with Gasteiger partial charge >= 0.3 is 6.18 Å². The second-order valence-electron chi connectivity index (χ2n) is 11.9. The number of hydrogen-bond donors (Lipinski definition) is 4.